The molecule has 0 aliphatic carbocycles. The van der Waals surface area contributed by atoms with Crippen LogP contribution in [0.3, 0.4) is 0 Å². The van der Waals surface area contributed by atoms with Crippen LogP contribution in [-0.2, 0) is 0 Å². The summed E-state index contributed by atoms with van der Waals surface area (Å²) >= 11 is 0. The minimum Gasteiger partial charge on any atom is -0.368 e. The first kappa shape index (κ1) is 14.3. The van der Waals surface area contributed by atoms with Gasteiger partial charge in [-0.1, -0.05) is 36.4 Å². The molecule has 0 bridgehead atoms. The van der Waals surface area contributed by atoms with E-state index < -0.39 is 0 Å². The maximum absolute atomic E-state index is 13.7. The maximum Gasteiger partial charge on any atom is 0.223 e. The standard InChI is InChI=1S/C18H14FN5/c1-11-9-13(7-8-14(11)19)15-16(12-5-3-2-4-6-12)23-18(20)24-17(15)21-10-22-24/h2-10H,1H3,(H2,20,23). The molecule has 0 aliphatic heterocycles. The molecule has 0 spiro atoms. The van der Waals surface area contributed by atoms with Gasteiger partial charge in [0.1, 0.15) is 12.1 Å². The second-order valence-corrected chi connectivity index (χ2v) is 5.52. The Hall–Kier alpha value is -3.28. The molecule has 0 amide bonds. The van der Waals surface area contributed by atoms with Gasteiger partial charge in [0.2, 0.25) is 5.95 Å². The molecular formula is C18H14FN5. The van der Waals surface area contributed by atoms with E-state index in [1.807, 2.05) is 30.3 Å². The number of nitrogen functional groups attached to an aromatic ring is 1. The lowest BCUT2D eigenvalue weighted by molar-refractivity contribution is 0.619. The Balaban J connectivity index is 2.10. The predicted molar refractivity (Wildman–Crippen MR) is 90.8 cm³/mol. The van der Waals surface area contributed by atoms with Crippen molar-refractivity contribution in [1.82, 2.24) is 19.6 Å². The van der Waals surface area contributed by atoms with Crippen LogP contribution < -0.4 is 5.73 Å². The second kappa shape index (κ2) is 5.42. The van der Waals surface area contributed by atoms with Gasteiger partial charge in [-0.25, -0.2) is 14.4 Å². The summed E-state index contributed by atoms with van der Waals surface area (Å²) in [5, 5.41) is 4.12. The zero-order valence-corrected chi connectivity index (χ0v) is 12.9. The largest absolute Gasteiger partial charge is 0.368 e. The molecule has 2 N–H and O–H groups in total. The lowest BCUT2D eigenvalue weighted by Gasteiger charge is -2.12. The third-order valence-electron chi connectivity index (χ3n) is 3.95. The summed E-state index contributed by atoms with van der Waals surface area (Å²) in [7, 11) is 0. The highest BCUT2D eigenvalue weighted by atomic mass is 19.1. The van der Waals surface area contributed by atoms with E-state index in [4.69, 9.17) is 5.73 Å². The fourth-order valence-electron chi connectivity index (χ4n) is 2.77. The lowest BCUT2D eigenvalue weighted by Crippen LogP contribution is -2.05. The zero-order chi connectivity index (χ0) is 16.7. The fraction of sp³-hybridized carbons (Fsp3) is 0.0556. The van der Waals surface area contributed by atoms with Gasteiger partial charge in [0.15, 0.2) is 5.65 Å². The molecule has 5 nitrogen and oxygen atoms in total. The van der Waals surface area contributed by atoms with E-state index in [9.17, 15) is 4.39 Å². The van der Waals surface area contributed by atoms with E-state index >= 15 is 0 Å². The number of halogens is 1. The smallest absolute Gasteiger partial charge is 0.223 e. The van der Waals surface area contributed by atoms with Crippen molar-refractivity contribution in [2.24, 2.45) is 0 Å². The highest BCUT2D eigenvalue weighted by molar-refractivity contribution is 5.90. The van der Waals surface area contributed by atoms with Crippen LogP contribution in [0.1, 0.15) is 5.56 Å². The van der Waals surface area contributed by atoms with Crippen LogP contribution in [0.5, 0.6) is 0 Å². The monoisotopic (exact) mass is 319 g/mol. The number of hydrogen-bond donors (Lipinski definition) is 1. The molecule has 2 aromatic carbocycles. The molecular weight excluding hydrogens is 305 g/mol. The Morgan fingerprint density at radius 2 is 1.83 bits per heavy atom. The Kier molecular flexibility index (Phi) is 3.23. The van der Waals surface area contributed by atoms with Crippen LogP contribution in [0.25, 0.3) is 28.0 Å². The van der Waals surface area contributed by atoms with Crippen LogP contribution in [-0.4, -0.2) is 19.6 Å². The van der Waals surface area contributed by atoms with Crippen molar-refractivity contribution < 1.29 is 4.39 Å². The Labute approximate surface area is 137 Å². The molecule has 2 heterocycles. The van der Waals surface area contributed by atoms with Gasteiger partial charge >= 0.3 is 0 Å². The van der Waals surface area contributed by atoms with Crippen molar-refractivity contribution in [1.29, 1.82) is 0 Å². The number of benzene rings is 2. The van der Waals surface area contributed by atoms with Crippen molar-refractivity contribution in [3.8, 4) is 22.4 Å². The quantitative estimate of drug-likeness (QED) is 0.614. The molecule has 6 heteroatoms. The van der Waals surface area contributed by atoms with Gasteiger partial charge in [-0.2, -0.15) is 9.61 Å². The summed E-state index contributed by atoms with van der Waals surface area (Å²) in [5.74, 6) is 0.00448. The fourth-order valence-corrected chi connectivity index (χ4v) is 2.77. The van der Waals surface area contributed by atoms with Gasteiger partial charge in [-0.15, -0.1) is 0 Å². The molecule has 0 saturated carbocycles. The second-order valence-electron chi connectivity index (χ2n) is 5.52. The average Bonchev–Trinajstić information content (AvgIpc) is 3.08. The summed E-state index contributed by atoms with van der Waals surface area (Å²) < 4.78 is 15.2. The van der Waals surface area contributed by atoms with E-state index in [1.165, 1.54) is 16.9 Å². The molecule has 0 unspecified atom stereocenters. The maximum atomic E-state index is 13.7. The highest BCUT2D eigenvalue weighted by Gasteiger charge is 2.18. The van der Waals surface area contributed by atoms with Gasteiger partial charge in [0.25, 0.3) is 0 Å². The van der Waals surface area contributed by atoms with Crippen molar-refractivity contribution in [2.75, 3.05) is 5.73 Å². The van der Waals surface area contributed by atoms with Gasteiger partial charge in [-0.3, -0.25) is 0 Å². The number of anilines is 1. The Morgan fingerprint density at radius 3 is 2.58 bits per heavy atom. The topological polar surface area (TPSA) is 69.1 Å². The molecule has 0 fully saturated rings. The third kappa shape index (κ3) is 2.20. The first-order valence-corrected chi connectivity index (χ1v) is 7.46. The predicted octanol–water partition coefficient (Wildman–Crippen LogP) is 3.49. The van der Waals surface area contributed by atoms with Crippen molar-refractivity contribution in [3.63, 3.8) is 0 Å². The summed E-state index contributed by atoms with van der Waals surface area (Å²) in [6.45, 7) is 1.73. The van der Waals surface area contributed by atoms with E-state index in [0.29, 0.717) is 16.9 Å². The third-order valence-corrected chi connectivity index (χ3v) is 3.95. The Bertz CT molecular complexity index is 1040. The normalized spacial score (nSPS) is 11.1. The van der Waals surface area contributed by atoms with Gasteiger partial charge in [-0.05, 0) is 30.2 Å². The van der Waals surface area contributed by atoms with Crippen LogP contribution in [0.15, 0.2) is 54.9 Å². The van der Waals surface area contributed by atoms with E-state index in [0.717, 1.165) is 16.7 Å². The molecule has 118 valence electrons. The van der Waals surface area contributed by atoms with Gasteiger partial charge in [0.05, 0.1) is 11.3 Å². The SMILES string of the molecule is Cc1cc(-c2c(-c3ccccc3)nc(N)n3ncnc23)ccc1F. The zero-order valence-electron chi connectivity index (χ0n) is 12.9. The van der Waals surface area contributed by atoms with Crippen LogP contribution in [0, 0.1) is 12.7 Å². The van der Waals surface area contributed by atoms with E-state index in [1.54, 1.807) is 19.1 Å². The van der Waals surface area contributed by atoms with Crippen LogP contribution in [0.4, 0.5) is 10.3 Å². The molecule has 0 atom stereocenters. The number of nitrogens with zero attached hydrogens (tertiary/aromatic N) is 4. The first-order chi connectivity index (χ1) is 11.6. The molecule has 2 aromatic heterocycles. The number of aryl methyl sites for hydroxylation is 1. The molecule has 0 radical (unpaired) electrons. The molecule has 0 saturated heterocycles. The van der Waals surface area contributed by atoms with Crippen LogP contribution >= 0.6 is 0 Å². The lowest BCUT2D eigenvalue weighted by atomic mass is 9.98. The number of fused-ring (bicyclic) bond motifs is 1. The molecule has 4 rings (SSSR count). The Morgan fingerprint density at radius 1 is 1.04 bits per heavy atom. The number of nitrogens with two attached hydrogens (primary N) is 1. The number of rotatable bonds is 2. The minimum atomic E-state index is -0.249. The van der Waals surface area contributed by atoms with Gasteiger partial charge < -0.3 is 5.73 Å². The molecule has 0 aliphatic rings. The van der Waals surface area contributed by atoms with Crippen molar-refractivity contribution >= 4 is 11.6 Å². The van der Waals surface area contributed by atoms with Crippen molar-refractivity contribution in [3.05, 3.63) is 66.2 Å². The summed E-state index contributed by atoms with van der Waals surface area (Å²) in [5.41, 5.74) is 10.4. The van der Waals surface area contributed by atoms with Crippen LogP contribution in [0.2, 0.25) is 0 Å². The van der Waals surface area contributed by atoms with Crippen molar-refractivity contribution in [2.45, 2.75) is 6.92 Å². The summed E-state index contributed by atoms with van der Waals surface area (Å²) in [4.78, 5) is 8.85. The van der Waals surface area contributed by atoms with Gasteiger partial charge in [0, 0.05) is 5.56 Å². The number of aromatic nitrogens is 4. The van der Waals surface area contributed by atoms with E-state index in [2.05, 4.69) is 15.1 Å². The summed E-state index contributed by atoms with van der Waals surface area (Å²) in [6.07, 6.45) is 1.43. The minimum absolute atomic E-state index is 0.249. The summed E-state index contributed by atoms with van der Waals surface area (Å²) in [6, 6.07) is 14.7. The van der Waals surface area contributed by atoms with E-state index in [-0.39, 0.29) is 11.8 Å². The first-order valence-electron chi connectivity index (χ1n) is 7.46. The molecule has 4 aromatic rings. The molecule has 24 heavy (non-hydrogen) atoms. The average molecular weight is 319 g/mol. The highest BCUT2D eigenvalue weighted by Crippen LogP contribution is 2.34. The number of hydrogen-bond acceptors (Lipinski definition) is 4.